The zero-order valence-corrected chi connectivity index (χ0v) is 18.2. The molecule has 1 saturated heterocycles. The highest BCUT2D eigenvalue weighted by Crippen LogP contribution is 2.34. The van der Waals surface area contributed by atoms with Gasteiger partial charge in [-0.2, -0.15) is 0 Å². The molecule has 4 amide bonds. The zero-order valence-electron chi connectivity index (χ0n) is 15.1. The van der Waals surface area contributed by atoms with Crippen LogP contribution in [0.2, 0.25) is 10.0 Å². The minimum absolute atomic E-state index is 0.0367. The van der Waals surface area contributed by atoms with E-state index in [0.717, 1.165) is 15.1 Å². The van der Waals surface area contributed by atoms with Crippen LogP contribution in [-0.4, -0.2) is 22.4 Å². The molecule has 0 radical (unpaired) electrons. The van der Waals surface area contributed by atoms with Gasteiger partial charge >= 0.3 is 6.03 Å². The van der Waals surface area contributed by atoms with Crippen LogP contribution in [0, 0.1) is 0 Å². The molecule has 4 rings (SSSR count). The predicted molar refractivity (Wildman–Crippen MR) is 119 cm³/mol. The Morgan fingerprint density at radius 1 is 0.933 bits per heavy atom. The Bertz CT molecular complexity index is 1220. The quantitative estimate of drug-likeness (QED) is 0.393. The fraction of sp³-hybridized carbons (Fsp3) is 0. The van der Waals surface area contributed by atoms with Crippen LogP contribution in [0.5, 0.6) is 0 Å². The molecule has 0 unspecified atom stereocenters. The van der Waals surface area contributed by atoms with E-state index in [9.17, 15) is 14.4 Å². The molecule has 0 aliphatic carbocycles. The Hall–Kier alpha value is -2.87. The second kappa shape index (κ2) is 8.10. The number of amides is 4. The van der Waals surface area contributed by atoms with Gasteiger partial charge in [-0.05, 0) is 54.6 Å². The predicted octanol–water partition coefficient (Wildman–Crippen LogP) is 5.21. The summed E-state index contributed by atoms with van der Waals surface area (Å²) in [4.78, 5) is 38.7. The van der Waals surface area contributed by atoms with Gasteiger partial charge in [0.2, 0.25) is 0 Å². The maximum atomic E-state index is 13.1. The SMILES string of the molecule is O=C1NC(=O)N(c2cccc(Cl)c2Cl)C(=O)/C1=C/c1cccn1-c1ccc(Br)cc1. The fourth-order valence-corrected chi connectivity index (χ4v) is 3.68. The van der Waals surface area contributed by atoms with Gasteiger partial charge < -0.3 is 4.57 Å². The van der Waals surface area contributed by atoms with Crippen molar-refractivity contribution in [1.82, 2.24) is 9.88 Å². The molecule has 0 atom stereocenters. The monoisotopic (exact) mass is 503 g/mol. The number of carbonyl (C=O) groups excluding carboxylic acids is 3. The van der Waals surface area contributed by atoms with Gasteiger partial charge in [-0.1, -0.05) is 45.2 Å². The zero-order chi connectivity index (χ0) is 21.4. The minimum Gasteiger partial charge on any atom is -0.317 e. The summed E-state index contributed by atoms with van der Waals surface area (Å²) < 4.78 is 2.74. The lowest BCUT2D eigenvalue weighted by Crippen LogP contribution is -2.54. The number of hydrogen-bond acceptors (Lipinski definition) is 3. The highest BCUT2D eigenvalue weighted by Gasteiger charge is 2.38. The van der Waals surface area contributed by atoms with Gasteiger partial charge in [-0.25, -0.2) is 9.69 Å². The molecule has 0 bridgehead atoms. The van der Waals surface area contributed by atoms with E-state index in [1.165, 1.54) is 18.2 Å². The van der Waals surface area contributed by atoms with Crippen LogP contribution in [0.4, 0.5) is 10.5 Å². The third-order valence-corrected chi connectivity index (χ3v) is 5.79. The Kier molecular flexibility index (Phi) is 5.51. The number of carbonyl (C=O) groups is 3. The van der Waals surface area contributed by atoms with Crippen LogP contribution in [0.1, 0.15) is 5.69 Å². The third kappa shape index (κ3) is 3.67. The Morgan fingerprint density at radius 3 is 2.40 bits per heavy atom. The van der Waals surface area contributed by atoms with Crippen molar-refractivity contribution in [3.8, 4) is 5.69 Å². The molecule has 1 N–H and O–H groups in total. The number of benzene rings is 2. The van der Waals surface area contributed by atoms with Crippen LogP contribution in [0.15, 0.2) is 70.8 Å². The summed E-state index contributed by atoms with van der Waals surface area (Å²) in [5.41, 5.74) is 1.31. The van der Waals surface area contributed by atoms with Crippen LogP contribution in [0.3, 0.4) is 0 Å². The van der Waals surface area contributed by atoms with Crippen LogP contribution in [0.25, 0.3) is 11.8 Å². The highest BCUT2D eigenvalue weighted by atomic mass is 79.9. The first-order chi connectivity index (χ1) is 14.4. The summed E-state index contributed by atoms with van der Waals surface area (Å²) in [5.74, 6) is -1.58. The number of nitrogens with zero attached hydrogens (tertiary/aromatic N) is 2. The topological polar surface area (TPSA) is 71.4 Å². The van der Waals surface area contributed by atoms with E-state index in [1.54, 1.807) is 24.4 Å². The van der Waals surface area contributed by atoms with Crippen molar-refractivity contribution in [2.45, 2.75) is 0 Å². The molecule has 0 spiro atoms. The number of rotatable bonds is 3. The number of imide groups is 2. The van der Waals surface area contributed by atoms with E-state index >= 15 is 0 Å². The van der Waals surface area contributed by atoms with Crippen molar-refractivity contribution >= 4 is 68.7 Å². The number of barbiturate groups is 1. The molecule has 2 aromatic carbocycles. The molecule has 30 heavy (non-hydrogen) atoms. The maximum Gasteiger partial charge on any atom is 0.336 e. The van der Waals surface area contributed by atoms with Crippen molar-refractivity contribution in [2.24, 2.45) is 0 Å². The molecule has 1 aliphatic heterocycles. The van der Waals surface area contributed by atoms with Gasteiger partial charge in [0, 0.05) is 22.1 Å². The molecule has 3 aromatic rings. The van der Waals surface area contributed by atoms with Crippen molar-refractivity contribution < 1.29 is 14.4 Å². The van der Waals surface area contributed by atoms with Gasteiger partial charge in [-0.3, -0.25) is 14.9 Å². The molecule has 1 fully saturated rings. The van der Waals surface area contributed by atoms with E-state index in [2.05, 4.69) is 21.2 Å². The van der Waals surface area contributed by atoms with Crippen molar-refractivity contribution in [2.75, 3.05) is 4.90 Å². The van der Waals surface area contributed by atoms with Gasteiger partial charge in [0.05, 0.1) is 15.7 Å². The van der Waals surface area contributed by atoms with Gasteiger partial charge in [0.25, 0.3) is 11.8 Å². The average molecular weight is 505 g/mol. The Balaban J connectivity index is 1.77. The number of urea groups is 1. The van der Waals surface area contributed by atoms with Crippen LogP contribution < -0.4 is 10.2 Å². The summed E-state index contributed by atoms with van der Waals surface area (Å²) >= 11 is 15.6. The lowest BCUT2D eigenvalue weighted by molar-refractivity contribution is -0.122. The Labute approximate surface area is 189 Å². The lowest BCUT2D eigenvalue weighted by atomic mass is 10.1. The van der Waals surface area contributed by atoms with Crippen molar-refractivity contribution in [3.05, 3.63) is 86.6 Å². The average Bonchev–Trinajstić information content (AvgIpc) is 3.17. The van der Waals surface area contributed by atoms with Crippen LogP contribution in [-0.2, 0) is 9.59 Å². The molecule has 150 valence electrons. The normalized spacial score (nSPS) is 15.6. The van der Waals surface area contributed by atoms with E-state index in [-0.39, 0.29) is 21.3 Å². The number of halogens is 3. The number of anilines is 1. The van der Waals surface area contributed by atoms with Crippen molar-refractivity contribution in [1.29, 1.82) is 0 Å². The number of aromatic nitrogens is 1. The summed E-state index contributed by atoms with van der Waals surface area (Å²) in [6, 6.07) is 14.7. The molecule has 1 aliphatic rings. The minimum atomic E-state index is -0.894. The first-order valence-corrected chi connectivity index (χ1v) is 10.2. The van der Waals surface area contributed by atoms with E-state index in [4.69, 9.17) is 23.2 Å². The summed E-state index contributed by atoms with van der Waals surface area (Å²) in [5, 5.41) is 2.39. The second-order valence-electron chi connectivity index (χ2n) is 6.31. The summed E-state index contributed by atoms with van der Waals surface area (Å²) in [6.07, 6.45) is 3.23. The molecule has 1 aromatic heterocycles. The summed E-state index contributed by atoms with van der Waals surface area (Å²) in [7, 11) is 0. The van der Waals surface area contributed by atoms with Gasteiger partial charge in [0.15, 0.2) is 0 Å². The first-order valence-electron chi connectivity index (χ1n) is 8.65. The fourth-order valence-electron chi connectivity index (χ4n) is 3.04. The molecule has 2 heterocycles. The lowest BCUT2D eigenvalue weighted by Gasteiger charge is -2.27. The molecule has 6 nitrogen and oxygen atoms in total. The van der Waals surface area contributed by atoms with Crippen molar-refractivity contribution in [3.63, 3.8) is 0 Å². The maximum absolute atomic E-state index is 13.1. The van der Waals surface area contributed by atoms with E-state index < -0.39 is 17.8 Å². The van der Waals surface area contributed by atoms with Crippen LogP contribution >= 0.6 is 39.1 Å². The van der Waals surface area contributed by atoms with E-state index in [1.807, 2.05) is 28.8 Å². The molecular weight excluding hydrogens is 493 g/mol. The smallest absolute Gasteiger partial charge is 0.317 e. The van der Waals surface area contributed by atoms with Gasteiger partial charge in [0.1, 0.15) is 5.57 Å². The number of hydrogen-bond donors (Lipinski definition) is 1. The molecule has 0 saturated carbocycles. The van der Waals surface area contributed by atoms with E-state index in [0.29, 0.717) is 5.69 Å². The largest absolute Gasteiger partial charge is 0.336 e. The summed E-state index contributed by atoms with van der Waals surface area (Å²) in [6.45, 7) is 0. The first kappa shape index (κ1) is 20.4. The second-order valence-corrected chi connectivity index (χ2v) is 8.01. The molecular formula is C21H12BrCl2N3O3. The Morgan fingerprint density at radius 2 is 1.67 bits per heavy atom. The third-order valence-electron chi connectivity index (χ3n) is 4.45. The highest BCUT2D eigenvalue weighted by molar-refractivity contribution is 9.10. The molecule has 9 heteroatoms. The standard InChI is InChI=1S/C21H12BrCl2N3O3/c22-12-6-8-13(9-7-12)26-10-2-3-14(26)11-15-19(28)25-21(30)27(20(15)29)17-5-1-4-16(23)18(17)24/h1-11H,(H,25,28,30)/b15-11+. The number of nitrogens with one attached hydrogen (secondary N) is 1. The van der Waals surface area contributed by atoms with Gasteiger partial charge in [-0.15, -0.1) is 0 Å².